The molecule has 1 amide bonds. The second-order valence-corrected chi connectivity index (χ2v) is 7.61. The Bertz CT molecular complexity index is 685. The lowest BCUT2D eigenvalue weighted by molar-refractivity contribution is -0.965. The lowest BCUT2D eigenvalue weighted by atomic mass is 10.0. The van der Waals surface area contributed by atoms with Gasteiger partial charge in [-0.05, 0) is 12.1 Å². The third-order valence-corrected chi connectivity index (χ3v) is 5.99. The number of carbonyl (C=O) groups excluding carboxylic acids is 1. The van der Waals surface area contributed by atoms with Crippen LogP contribution in [0.1, 0.15) is 29.0 Å². The molecule has 2 saturated heterocycles. The standard InChI is InChI=1S/C21H27N3O2/c25-21(20-7-4-16-26-20)24-14-12-23(13-15-24)19-8-10-22(11-9-19)17-18-5-2-1-3-6-18/h1-7,16,19H,8-15,17H2/p+2. The van der Waals surface area contributed by atoms with Gasteiger partial charge in [-0.3, -0.25) is 4.79 Å². The van der Waals surface area contributed by atoms with E-state index in [1.165, 1.54) is 31.5 Å². The fraction of sp³-hybridized carbons (Fsp3) is 0.476. The number of hydrogen-bond acceptors (Lipinski definition) is 2. The maximum atomic E-state index is 12.4. The molecule has 26 heavy (non-hydrogen) atoms. The molecule has 1 aromatic heterocycles. The van der Waals surface area contributed by atoms with Crippen LogP contribution in [0.5, 0.6) is 0 Å². The van der Waals surface area contributed by atoms with Gasteiger partial charge in [0, 0.05) is 18.4 Å². The highest BCUT2D eigenvalue weighted by atomic mass is 16.3. The van der Waals surface area contributed by atoms with Gasteiger partial charge < -0.3 is 19.1 Å². The van der Waals surface area contributed by atoms with Crippen LogP contribution in [0.15, 0.2) is 53.1 Å². The Morgan fingerprint density at radius 1 is 1.00 bits per heavy atom. The zero-order chi connectivity index (χ0) is 17.8. The summed E-state index contributed by atoms with van der Waals surface area (Å²) in [6, 6.07) is 15.1. The van der Waals surface area contributed by atoms with Gasteiger partial charge >= 0.3 is 0 Å². The van der Waals surface area contributed by atoms with E-state index in [-0.39, 0.29) is 5.91 Å². The predicted octanol–water partition coefficient (Wildman–Crippen LogP) is -0.132. The smallest absolute Gasteiger partial charge is 0.289 e. The molecule has 4 rings (SSSR count). The van der Waals surface area contributed by atoms with E-state index >= 15 is 0 Å². The van der Waals surface area contributed by atoms with Crippen molar-refractivity contribution in [3.05, 3.63) is 60.1 Å². The summed E-state index contributed by atoms with van der Waals surface area (Å²) >= 11 is 0. The Labute approximate surface area is 155 Å². The third kappa shape index (κ3) is 4.00. The summed E-state index contributed by atoms with van der Waals surface area (Å²) in [5.74, 6) is 0.502. The molecule has 2 aromatic rings. The first-order valence-electron chi connectivity index (χ1n) is 9.84. The third-order valence-electron chi connectivity index (χ3n) is 5.99. The Kier molecular flexibility index (Phi) is 5.37. The minimum atomic E-state index is 0.0381. The zero-order valence-electron chi connectivity index (χ0n) is 15.3. The molecule has 0 aliphatic carbocycles. The Balaban J connectivity index is 1.23. The molecule has 0 saturated carbocycles. The van der Waals surface area contributed by atoms with Crippen LogP contribution < -0.4 is 9.80 Å². The molecule has 2 fully saturated rings. The number of benzene rings is 1. The number of carbonyl (C=O) groups is 1. The number of quaternary nitrogens is 2. The molecule has 3 heterocycles. The average molecular weight is 355 g/mol. The quantitative estimate of drug-likeness (QED) is 0.802. The van der Waals surface area contributed by atoms with E-state index in [2.05, 4.69) is 30.3 Å². The summed E-state index contributed by atoms with van der Waals surface area (Å²) in [6.45, 7) is 7.47. The second-order valence-electron chi connectivity index (χ2n) is 7.61. The number of piperidine rings is 1. The van der Waals surface area contributed by atoms with Crippen LogP contribution in [0, 0.1) is 0 Å². The van der Waals surface area contributed by atoms with Gasteiger partial charge in [0.1, 0.15) is 6.54 Å². The van der Waals surface area contributed by atoms with E-state index in [0.29, 0.717) is 5.76 Å². The highest BCUT2D eigenvalue weighted by Gasteiger charge is 2.33. The fourth-order valence-electron chi connectivity index (χ4n) is 4.46. The Morgan fingerprint density at radius 2 is 1.73 bits per heavy atom. The molecule has 0 unspecified atom stereocenters. The van der Waals surface area contributed by atoms with Crippen molar-refractivity contribution in [2.75, 3.05) is 39.3 Å². The topological polar surface area (TPSA) is 42.3 Å². The van der Waals surface area contributed by atoms with Crippen LogP contribution in [-0.4, -0.2) is 56.1 Å². The van der Waals surface area contributed by atoms with E-state index in [1.807, 2.05) is 4.90 Å². The SMILES string of the molecule is O=C(c1ccco1)N1CC[NH+](C2CC[NH+](Cc3ccccc3)CC2)CC1. The van der Waals surface area contributed by atoms with E-state index in [0.717, 1.165) is 38.8 Å². The first-order valence-corrected chi connectivity index (χ1v) is 9.84. The number of nitrogens with zero attached hydrogens (tertiary/aromatic N) is 1. The molecule has 5 nitrogen and oxygen atoms in total. The number of likely N-dealkylation sites (tertiary alicyclic amines) is 1. The molecule has 0 bridgehead atoms. The van der Waals surface area contributed by atoms with Crippen molar-refractivity contribution in [2.45, 2.75) is 25.4 Å². The van der Waals surface area contributed by atoms with Gasteiger partial charge in [0.2, 0.25) is 0 Å². The first kappa shape index (κ1) is 17.3. The van der Waals surface area contributed by atoms with Crippen LogP contribution in [0.3, 0.4) is 0 Å². The summed E-state index contributed by atoms with van der Waals surface area (Å²) in [4.78, 5) is 17.7. The molecule has 0 radical (unpaired) electrons. The maximum Gasteiger partial charge on any atom is 0.289 e. The summed E-state index contributed by atoms with van der Waals surface area (Å²) in [6.07, 6.45) is 4.16. The lowest BCUT2D eigenvalue weighted by Gasteiger charge is -2.39. The van der Waals surface area contributed by atoms with E-state index in [1.54, 1.807) is 28.2 Å². The van der Waals surface area contributed by atoms with E-state index in [4.69, 9.17) is 4.42 Å². The van der Waals surface area contributed by atoms with Crippen LogP contribution >= 0.6 is 0 Å². The van der Waals surface area contributed by atoms with Crippen molar-refractivity contribution in [3.8, 4) is 0 Å². The highest BCUT2D eigenvalue weighted by Crippen LogP contribution is 2.06. The molecule has 2 aliphatic heterocycles. The first-order chi connectivity index (χ1) is 12.8. The van der Waals surface area contributed by atoms with Gasteiger partial charge in [-0.15, -0.1) is 0 Å². The zero-order valence-corrected chi connectivity index (χ0v) is 15.3. The minimum absolute atomic E-state index is 0.0381. The van der Waals surface area contributed by atoms with Crippen LogP contribution in [0.25, 0.3) is 0 Å². The molecule has 1 aromatic carbocycles. The summed E-state index contributed by atoms with van der Waals surface area (Å²) in [7, 11) is 0. The molecule has 2 aliphatic rings. The number of hydrogen-bond donors (Lipinski definition) is 2. The number of amides is 1. The number of rotatable bonds is 4. The summed E-state index contributed by atoms with van der Waals surface area (Å²) in [5, 5.41) is 0. The molecule has 0 spiro atoms. The summed E-state index contributed by atoms with van der Waals surface area (Å²) < 4.78 is 5.25. The van der Waals surface area contributed by atoms with Crippen molar-refractivity contribution in [2.24, 2.45) is 0 Å². The predicted molar refractivity (Wildman–Crippen MR) is 99.2 cm³/mol. The number of piperazine rings is 1. The maximum absolute atomic E-state index is 12.4. The lowest BCUT2D eigenvalue weighted by Crippen LogP contribution is -3.21. The molecule has 138 valence electrons. The fourth-order valence-corrected chi connectivity index (χ4v) is 4.46. The normalized spacial score (nSPS) is 24.5. The van der Waals surface area contributed by atoms with E-state index < -0.39 is 0 Å². The van der Waals surface area contributed by atoms with Gasteiger partial charge in [0.15, 0.2) is 5.76 Å². The van der Waals surface area contributed by atoms with E-state index in [9.17, 15) is 4.79 Å². The summed E-state index contributed by atoms with van der Waals surface area (Å²) in [5.41, 5.74) is 1.44. The molecule has 2 N–H and O–H groups in total. The largest absolute Gasteiger partial charge is 0.459 e. The molecule has 5 heteroatoms. The highest BCUT2D eigenvalue weighted by molar-refractivity contribution is 5.91. The molecule has 0 atom stereocenters. The van der Waals surface area contributed by atoms with Crippen LogP contribution in [-0.2, 0) is 6.54 Å². The van der Waals surface area contributed by atoms with Gasteiger partial charge in [-0.2, -0.15) is 0 Å². The van der Waals surface area contributed by atoms with Crippen molar-refractivity contribution in [1.82, 2.24) is 4.90 Å². The van der Waals surface area contributed by atoms with Gasteiger partial charge in [0.05, 0.1) is 51.6 Å². The van der Waals surface area contributed by atoms with Crippen molar-refractivity contribution in [3.63, 3.8) is 0 Å². The minimum Gasteiger partial charge on any atom is -0.459 e. The number of nitrogens with one attached hydrogen (secondary N) is 2. The molecular weight excluding hydrogens is 326 g/mol. The van der Waals surface area contributed by atoms with Gasteiger partial charge in [-0.1, -0.05) is 30.3 Å². The van der Waals surface area contributed by atoms with Crippen molar-refractivity contribution >= 4 is 5.91 Å². The van der Waals surface area contributed by atoms with Gasteiger partial charge in [-0.25, -0.2) is 0 Å². The van der Waals surface area contributed by atoms with Crippen molar-refractivity contribution in [1.29, 1.82) is 0 Å². The van der Waals surface area contributed by atoms with Gasteiger partial charge in [0.25, 0.3) is 5.91 Å². The van der Waals surface area contributed by atoms with Crippen LogP contribution in [0.2, 0.25) is 0 Å². The Hall–Kier alpha value is -2.11. The van der Waals surface area contributed by atoms with Crippen LogP contribution in [0.4, 0.5) is 0 Å². The average Bonchev–Trinajstić information content (AvgIpc) is 3.24. The second kappa shape index (κ2) is 8.06. The monoisotopic (exact) mass is 355 g/mol. The van der Waals surface area contributed by atoms with Crippen molar-refractivity contribution < 1.29 is 19.0 Å². The number of furan rings is 1. The molecular formula is C21H29N3O2+2. The Morgan fingerprint density at radius 3 is 2.38 bits per heavy atom.